The van der Waals surface area contributed by atoms with Crippen LogP contribution in [0.5, 0.6) is 5.88 Å². The molecule has 0 atom stereocenters. The van der Waals surface area contributed by atoms with E-state index in [0.717, 1.165) is 0 Å². The van der Waals surface area contributed by atoms with Gasteiger partial charge in [-0.2, -0.15) is 13.2 Å². The Morgan fingerprint density at radius 2 is 2.05 bits per heavy atom. The minimum absolute atomic E-state index is 0.182. The number of carbonyl (C=O) groups is 1. The number of carbonyl (C=O) groups excluding carboxylic acids is 1. The number of likely N-dealkylation sites (tertiary alicyclic amines) is 1. The molecule has 1 amide bonds. The fourth-order valence-electron chi connectivity index (χ4n) is 2.00. The van der Waals surface area contributed by atoms with Crippen LogP contribution in [0.3, 0.4) is 0 Å². The highest BCUT2D eigenvalue weighted by molar-refractivity contribution is 5.94. The lowest BCUT2D eigenvalue weighted by molar-refractivity contribution is -0.154. The Balaban J connectivity index is 1.93. The number of nitrogens with zero attached hydrogens (tertiary/aromatic N) is 2. The van der Waals surface area contributed by atoms with Gasteiger partial charge in [0, 0.05) is 25.4 Å². The lowest BCUT2D eigenvalue weighted by Crippen LogP contribution is -2.40. The Morgan fingerprint density at radius 3 is 2.57 bits per heavy atom. The Labute approximate surface area is 119 Å². The number of aliphatic hydroxyl groups excluding tert-OH is 1. The van der Waals surface area contributed by atoms with Crippen molar-refractivity contribution in [3.05, 3.63) is 23.9 Å². The van der Waals surface area contributed by atoms with E-state index in [4.69, 9.17) is 0 Å². The van der Waals surface area contributed by atoms with Crippen LogP contribution in [0.4, 0.5) is 13.2 Å². The summed E-state index contributed by atoms with van der Waals surface area (Å²) < 4.78 is 40.4. The van der Waals surface area contributed by atoms with Crippen molar-refractivity contribution in [3.8, 4) is 5.88 Å². The van der Waals surface area contributed by atoms with Crippen molar-refractivity contribution in [2.24, 2.45) is 0 Å². The van der Waals surface area contributed by atoms with Crippen LogP contribution < -0.4 is 4.74 Å². The molecule has 0 aromatic carbocycles. The predicted octanol–water partition coefficient (Wildman–Crippen LogP) is 1.62. The molecular formula is C13H15F3N2O3. The van der Waals surface area contributed by atoms with Crippen molar-refractivity contribution in [2.75, 3.05) is 19.7 Å². The first kappa shape index (κ1) is 15.6. The number of aliphatic hydroxyl groups is 1. The fourth-order valence-corrected chi connectivity index (χ4v) is 2.00. The third-order valence-corrected chi connectivity index (χ3v) is 3.12. The van der Waals surface area contributed by atoms with E-state index in [1.807, 2.05) is 0 Å². The lowest BCUT2D eigenvalue weighted by Gasteiger charge is -2.29. The van der Waals surface area contributed by atoms with Gasteiger partial charge >= 0.3 is 6.18 Å². The van der Waals surface area contributed by atoms with Crippen molar-refractivity contribution in [1.82, 2.24) is 9.88 Å². The first-order valence-corrected chi connectivity index (χ1v) is 6.48. The van der Waals surface area contributed by atoms with Gasteiger partial charge < -0.3 is 14.7 Å². The van der Waals surface area contributed by atoms with E-state index >= 15 is 0 Å². The Hall–Kier alpha value is -1.83. The van der Waals surface area contributed by atoms with Gasteiger partial charge in [-0.3, -0.25) is 4.79 Å². The summed E-state index contributed by atoms with van der Waals surface area (Å²) in [6, 6.07) is 2.61. The Kier molecular flexibility index (Phi) is 4.66. The van der Waals surface area contributed by atoms with Crippen molar-refractivity contribution >= 4 is 5.91 Å². The summed E-state index contributed by atoms with van der Waals surface area (Å²) in [5.74, 6) is -0.435. The highest BCUT2D eigenvalue weighted by atomic mass is 19.4. The molecule has 21 heavy (non-hydrogen) atoms. The number of ether oxygens (including phenoxy) is 1. The van der Waals surface area contributed by atoms with Crippen LogP contribution in [0.15, 0.2) is 18.3 Å². The first-order valence-electron chi connectivity index (χ1n) is 6.48. The van der Waals surface area contributed by atoms with E-state index in [0.29, 0.717) is 25.9 Å². The molecule has 1 saturated heterocycles. The maximum atomic E-state index is 12.1. The predicted molar refractivity (Wildman–Crippen MR) is 66.9 cm³/mol. The molecule has 1 aliphatic rings. The first-order chi connectivity index (χ1) is 9.85. The lowest BCUT2D eigenvalue weighted by atomic mass is 10.1. The van der Waals surface area contributed by atoms with E-state index in [-0.39, 0.29) is 23.5 Å². The zero-order chi connectivity index (χ0) is 15.5. The Bertz CT molecular complexity index is 482. The van der Waals surface area contributed by atoms with E-state index in [2.05, 4.69) is 9.72 Å². The minimum atomic E-state index is -4.43. The molecule has 1 aliphatic heterocycles. The second-order valence-corrected chi connectivity index (χ2v) is 4.81. The van der Waals surface area contributed by atoms with Gasteiger partial charge in [0.05, 0.1) is 11.7 Å². The van der Waals surface area contributed by atoms with Crippen LogP contribution >= 0.6 is 0 Å². The summed E-state index contributed by atoms with van der Waals surface area (Å²) in [6.45, 7) is -0.518. The van der Waals surface area contributed by atoms with Crippen LogP contribution in [-0.4, -0.2) is 52.9 Å². The van der Waals surface area contributed by atoms with Crippen LogP contribution in [0.1, 0.15) is 23.2 Å². The van der Waals surface area contributed by atoms with Crippen molar-refractivity contribution in [2.45, 2.75) is 25.1 Å². The number of halogens is 3. The highest BCUT2D eigenvalue weighted by Crippen LogP contribution is 2.18. The molecule has 1 aromatic heterocycles. The molecule has 1 aromatic rings. The van der Waals surface area contributed by atoms with Crippen LogP contribution in [-0.2, 0) is 0 Å². The van der Waals surface area contributed by atoms with Gasteiger partial charge in [-0.1, -0.05) is 0 Å². The smallest absolute Gasteiger partial charge is 0.422 e. The Morgan fingerprint density at radius 1 is 1.38 bits per heavy atom. The number of hydrogen-bond acceptors (Lipinski definition) is 4. The van der Waals surface area contributed by atoms with Crippen LogP contribution in [0.2, 0.25) is 0 Å². The molecule has 0 aliphatic carbocycles. The second-order valence-electron chi connectivity index (χ2n) is 4.81. The summed E-state index contributed by atoms with van der Waals surface area (Å²) >= 11 is 0. The summed E-state index contributed by atoms with van der Waals surface area (Å²) in [4.78, 5) is 17.4. The number of piperidine rings is 1. The summed E-state index contributed by atoms with van der Waals surface area (Å²) in [5, 5.41) is 9.38. The zero-order valence-corrected chi connectivity index (χ0v) is 11.1. The molecular weight excluding hydrogens is 289 g/mol. The van der Waals surface area contributed by atoms with Crippen molar-refractivity contribution < 1.29 is 27.8 Å². The quantitative estimate of drug-likeness (QED) is 0.922. The summed E-state index contributed by atoms with van der Waals surface area (Å²) in [5.41, 5.74) is 0.283. The average Bonchev–Trinajstić information content (AvgIpc) is 2.45. The average molecular weight is 304 g/mol. The van der Waals surface area contributed by atoms with Crippen LogP contribution in [0.25, 0.3) is 0 Å². The number of alkyl halides is 3. The number of pyridine rings is 1. The maximum absolute atomic E-state index is 12.1. The maximum Gasteiger partial charge on any atom is 0.422 e. The standard InChI is InChI=1S/C13H15F3N2O3/c14-13(15,16)8-21-11-2-1-9(7-17-11)12(20)18-5-3-10(19)4-6-18/h1-2,7,10,19H,3-6,8H2. The van der Waals surface area contributed by atoms with Gasteiger partial charge in [-0.25, -0.2) is 4.98 Å². The molecule has 5 nitrogen and oxygen atoms in total. The molecule has 0 bridgehead atoms. The number of rotatable bonds is 3. The van der Waals surface area contributed by atoms with Gasteiger partial charge in [0.25, 0.3) is 5.91 Å². The molecule has 2 rings (SSSR count). The molecule has 0 unspecified atom stereocenters. The van der Waals surface area contributed by atoms with Crippen molar-refractivity contribution in [3.63, 3.8) is 0 Å². The second kappa shape index (κ2) is 6.30. The van der Waals surface area contributed by atoms with E-state index < -0.39 is 12.8 Å². The van der Waals surface area contributed by atoms with E-state index in [9.17, 15) is 23.1 Å². The highest BCUT2D eigenvalue weighted by Gasteiger charge is 2.28. The van der Waals surface area contributed by atoms with Gasteiger partial charge in [0.1, 0.15) is 0 Å². The number of aromatic nitrogens is 1. The zero-order valence-electron chi connectivity index (χ0n) is 11.1. The number of amides is 1. The minimum Gasteiger partial charge on any atom is -0.468 e. The van der Waals surface area contributed by atoms with Gasteiger partial charge in [0.2, 0.25) is 5.88 Å². The van der Waals surface area contributed by atoms with E-state index in [1.54, 1.807) is 4.90 Å². The molecule has 0 spiro atoms. The SMILES string of the molecule is O=C(c1ccc(OCC(F)(F)F)nc1)N1CCC(O)CC1. The molecule has 0 saturated carbocycles. The largest absolute Gasteiger partial charge is 0.468 e. The number of hydrogen-bond donors (Lipinski definition) is 1. The summed E-state index contributed by atoms with van der Waals surface area (Å²) in [7, 11) is 0. The topological polar surface area (TPSA) is 62.7 Å². The monoisotopic (exact) mass is 304 g/mol. The van der Waals surface area contributed by atoms with Gasteiger partial charge in [-0.15, -0.1) is 0 Å². The van der Waals surface area contributed by atoms with Gasteiger partial charge in [0.15, 0.2) is 6.61 Å². The third-order valence-electron chi connectivity index (χ3n) is 3.12. The fraction of sp³-hybridized carbons (Fsp3) is 0.538. The third kappa shape index (κ3) is 4.59. The van der Waals surface area contributed by atoms with Gasteiger partial charge in [-0.05, 0) is 18.9 Å². The van der Waals surface area contributed by atoms with Crippen LogP contribution in [0, 0.1) is 0 Å². The molecule has 2 heterocycles. The molecule has 8 heteroatoms. The normalized spacial score (nSPS) is 16.9. The summed E-state index contributed by atoms with van der Waals surface area (Å²) in [6.07, 6.45) is -2.58. The van der Waals surface area contributed by atoms with E-state index in [1.165, 1.54) is 18.3 Å². The molecule has 1 fully saturated rings. The molecule has 116 valence electrons. The molecule has 1 N–H and O–H groups in total. The molecule has 0 radical (unpaired) electrons. The van der Waals surface area contributed by atoms with Crippen molar-refractivity contribution in [1.29, 1.82) is 0 Å².